The van der Waals surface area contributed by atoms with Gasteiger partial charge in [-0.3, -0.25) is 4.79 Å². The number of hydrogen-bond donors (Lipinski definition) is 1. The van der Waals surface area contributed by atoms with E-state index < -0.39 is 0 Å². The fraction of sp³-hybridized carbons (Fsp3) is 0.278. The van der Waals surface area contributed by atoms with Crippen LogP contribution >= 0.6 is 0 Å². The summed E-state index contributed by atoms with van der Waals surface area (Å²) in [6, 6.07) is 9.12. The summed E-state index contributed by atoms with van der Waals surface area (Å²) >= 11 is 0. The second-order valence-electron chi connectivity index (χ2n) is 5.21. The Bertz CT molecular complexity index is 660. The monoisotopic (exact) mass is 315 g/mol. The molecule has 0 spiro atoms. The van der Waals surface area contributed by atoms with E-state index in [1.54, 1.807) is 25.5 Å². The number of benzene rings is 1. The van der Waals surface area contributed by atoms with Gasteiger partial charge < -0.3 is 19.2 Å². The lowest BCUT2D eigenvalue weighted by Crippen LogP contribution is -2.19. The molecular weight excluding hydrogens is 294 g/mol. The topological polar surface area (TPSA) is 60.7 Å². The SMILES string of the molecule is COc1cc(C=CC(=O)NCc2ccco2)ccc1OC(C)C. The third kappa shape index (κ3) is 5.21. The number of methoxy groups -OCH3 is 1. The minimum atomic E-state index is -0.192. The normalized spacial score (nSPS) is 11.0. The molecule has 1 aromatic heterocycles. The van der Waals surface area contributed by atoms with E-state index >= 15 is 0 Å². The minimum absolute atomic E-state index is 0.0673. The zero-order chi connectivity index (χ0) is 16.7. The molecule has 0 aliphatic rings. The molecule has 1 aromatic carbocycles. The molecular formula is C18H21NO4. The van der Waals surface area contributed by atoms with Gasteiger partial charge in [0.05, 0.1) is 26.0 Å². The number of amides is 1. The average molecular weight is 315 g/mol. The highest BCUT2D eigenvalue weighted by molar-refractivity contribution is 5.91. The fourth-order valence-corrected chi connectivity index (χ4v) is 1.96. The van der Waals surface area contributed by atoms with Crippen LogP contribution in [0.2, 0.25) is 0 Å². The van der Waals surface area contributed by atoms with Gasteiger partial charge in [0.2, 0.25) is 5.91 Å². The number of rotatable bonds is 7. The third-order valence-corrected chi connectivity index (χ3v) is 2.99. The number of carbonyl (C=O) groups excluding carboxylic acids is 1. The molecule has 122 valence electrons. The fourth-order valence-electron chi connectivity index (χ4n) is 1.96. The van der Waals surface area contributed by atoms with E-state index in [9.17, 15) is 4.79 Å². The first-order chi connectivity index (χ1) is 11.1. The molecule has 0 atom stereocenters. The molecule has 2 aromatic rings. The van der Waals surface area contributed by atoms with Crippen LogP contribution in [0.5, 0.6) is 11.5 Å². The Labute approximate surface area is 135 Å². The van der Waals surface area contributed by atoms with Gasteiger partial charge in [0, 0.05) is 6.08 Å². The van der Waals surface area contributed by atoms with E-state index in [2.05, 4.69) is 5.32 Å². The highest BCUT2D eigenvalue weighted by atomic mass is 16.5. The maximum absolute atomic E-state index is 11.8. The van der Waals surface area contributed by atoms with Gasteiger partial charge in [0.1, 0.15) is 5.76 Å². The Balaban J connectivity index is 1.97. The zero-order valence-corrected chi connectivity index (χ0v) is 13.5. The molecule has 5 heteroatoms. The Kier molecular flexibility index (Phi) is 5.86. The van der Waals surface area contributed by atoms with Crippen LogP contribution in [0.25, 0.3) is 6.08 Å². The largest absolute Gasteiger partial charge is 0.493 e. The molecule has 0 aliphatic heterocycles. The van der Waals surface area contributed by atoms with Gasteiger partial charge in [-0.25, -0.2) is 0 Å². The van der Waals surface area contributed by atoms with Gasteiger partial charge >= 0.3 is 0 Å². The summed E-state index contributed by atoms with van der Waals surface area (Å²) in [5.74, 6) is 1.84. The summed E-state index contributed by atoms with van der Waals surface area (Å²) in [7, 11) is 1.59. The summed E-state index contributed by atoms with van der Waals surface area (Å²) in [4.78, 5) is 11.8. The van der Waals surface area contributed by atoms with Crippen molar-refractivity contribution in [3.8, 4) is 11.5 Å². The van der Waals surface area contributed by atoms with Crippen LogP contribution in [0.15, 0.2) is 47.1 Å². The van der Waals surface area contributed by atoms with Gasteiger partial charge in [-0.1, -0.05) is 6.07 Å². The van der Waals surface area contributed by atoms with Crippen molar-refractivity contribution in [3.05, 3.63) is 54.0 Å². The highest BCUT2D eigenvalue weighted by Crippen LogP contribution is 2.29. The quantitative estimate of drug-likeness (QED) is 0.796. The van der Waals surface area contributed by atoms with E-state index in [0.29, 0.717) is 23.8 Å². The van der Waals surface area contributed by atoms with E-state index in [1.165, 1.54) is 6.08 Å². The predicted octanol–water partition coefficient (Wildman–Crippen LogP) is 3.41. The van der Waals surface area contributed by atoms with E-state index in [0.717, 1.165) is 5.56 Å². The number of ether oxygens (including phenoxy) is 2. The molecule has 5 nitrogen and oxygen atoms in total. The van der Waals surface area contributed by atoms with E-state index in [-0.39, 0.29) is 12.0 Å². The molecule has 0 radical (unpaired) electrons. The number of hydrogen-bond acceptors (Lipinski definition) is 4. The van der Waals surface area contributed by atoms with Crippen molar-refractivity contribution in [1.29, 1.82) is 0 Å². The van der Waals surface area contributed by atoms with Gasteiger partial charge in [0.25, 0.3) is 0 Å². The van der Waals surface area contributed by atoms with Crippen molar-refractivity contribution in [2.24, 2.45) is 0 Å². The van der Waals surface area contributed by atoms with Gasteiger partial charge in [-0.2, -0.15) is 0 Å². The van der Waals surface area contributed by atoms with Crippen molar-refractivity contribution in [2.45, 2.75) is 26.5 Å². The Hall–Kier alpha value is -2.69. The lowest BCUT2D eigenvalue weighted by molar-refractivity contribution is -0.116. The molecule has 0 saturated carbocycles. The highest BCUT2D eigenvalue weighted by Gasteiger charge is 2.06. The Morgan fingerprint density at radius 3 is 2.78 bits per heavy atom. The second-order valence-corrected chi connectivity index (χ2v) is 5.21. The maximum atomic E-state index is 11.8. The predicted molar refractivity (Wildman–Crippen MR) is 88.3 cm³/mol. The molecule has 1 amide bonds. The molecule has 23 heavy (non-hydrogen) atoms. The van der Waals surface area contributed by atoms with Gasteiger partial charge in [-0.05, 0) is 49.8 Å². The Morgan fingerprint density at radius 2 is 2.13 bits per heavy atom. The summed E-state index contributed by atoms with van der Waals surface area (Å²) in [5.41, 5.74) is 0.853. The van der Waals surface area contributed by atoms with Crippen LogP contribution in [0.4, 0.5) is 0 Å². The lowest BCUT2D eigenvalue weighted by Gasteiger charge is -2.13. The molecule has 0 unspecified atom stereocenters. The molecule has 1 N–H and O–H groups in total. The number of nitrogens with one attached hydrogen (secondary N) is 1. The molecule has 1 heterocycles. The van der Waals surface area contributed by atoms with E-state index in [4.69, 9.17) is 13.9 Å². The first kappa shape index (κ1) is 16.7. The smallest absolute Gasteiger partial charge is 0.244 e. The Morgan fingerprint density at radius 1 is 1.30 bits per heavy atom. The molecule has 0 bridgehead atoms. The molecule has 2 rings (SSSR count). The van der Waals surface area contributed by atoms with Crippen LogP contribution in [-0.4, -0.2) is 19.1 Å². The van der Waals surface area contributed by atoms with Crippen LogP contribution < -0.4 is 14.8 Å². The van der Waals surface area contributed by atoms with Crippen molar-refractivity contribution in [1.82, 2.24) is 5.32 Å². The zero-order valence-electron chi connectivity index (χ0n) is 13.5. The average Bonchev–Trinajstić information content (AvgIpc) is 3.04. The summed E-state index contributed by atoms with van der Waals surface area (Å²) in [5, 5.41) is 2.75. The molecule has 0 saturated heterocycles. The second kappa shape index (κ2) is 8.08. The standard InChI is InChI=1S/C18H21NO4/c1-13(2)23-16-8-6-14(11-17(16)21-3)7-9-18(20)19-12-15-5-4-10-22-15/h4-11,13H,12H2,1-3H3,(H,19,20). The first-order valence-electron chi connectivity index (χ1n) is 7.41. The number of furan rings is 1. The minimum Gasteiger partial charge on any atom is -0.493 e. The van der Waals surface area contributed by atoms with Crippen LogP contribution in [0, 0.1) is 0 Å². The van der Waals surface area contributed by atoms with Crippen molar-refractivity contribution in [3.63, 3.8) is 0 Å². The first-order valence-corrected chi connectivity index (χ1v) is 7.41. The van der Waals surface area contributed by atoms with Gasteiger partial charge in [-0.15, -0.1) is 0 Å². The maximum Gasteiger partial charge on any atom is 0.244 e. The number of carbonyl (C=O) groups is 1. The summed E-state index contributed by atoms with van der Waals surface area (Å²) < 4.78 is 16.1. The van der Waals surface area contributed by atoms with Crippen molar-refractivity contribution < 1.29 is 18.7 Å². The van der Waals surface area contributed by atoms with Gasteiger partial charge in [0.15, 0.2) is 11.5 Å². The summed E-state index contributed by atoms with van der Waals surface area (Å²) in [6.45, 7) is 4.27. The molecule has 0 fully saturated rings. The summed E-state index contributed by atoms with van der Waals surface area (Å²) in [6.07, 6.45) is 4.84. The van der Waals surface area contributed by atoms with E-state index in [1.807, 2.05) is 38.1 Å². The van der Waals surface area contributed by atoms with Crippen molar-refractivity contribution in [2.75, 3.05) is 7.11 Å². The lowest BCUT2D eigenvalue weighted by atomic mass is 10.2. The van der Waals surface area contributed by atoms with Crippen LogP contribution in [0.1, 0.15) is 25.2 Å². The third-order valence-electron chi connectivity index (χ3n) is 2.99. The van der Waals surface area contributed by atoms with Crippen LogP contribution in [0.3, 0.4) is 0 Å². The van der Waals surface area contributed by atoms with Crippen LogP contribution in [-0.2, 0) is 11.3 Å². The molecule has 0 aliphatic carbocycles. The van der Waals surface area contributed by atoms with Crippen molar-refractivity contribution >= 4 is 12.0 Å².